The number of hydrogen-bond donors (Lipinski definition) is 2. The van der Waals surface area contributed by atoms with Gasteiger partial charge in [0, 0.05) is 16.8 Å². The molecule has 0 radical (unpaired) electrons. The van der Waals surface area contributed by atoms with Crippen molar-refractivity contribution in [3.63, 3.8) is 0 Å². The third-order valence-electron chi connectivity index (χ3n) is 1.60. The van der Waals surface area contributed by atoms with Crippen LogP contribution >= 0.6 is 11.3 Å². The molecular formula is C7H9F3N2O2S2. The minimum Gasteiger partial charge on any atom is -0.326 e. The monoisotopic (exact) mass is 274 g/mol. The van der Waals surface area contributed by atoms with Gasteiger partial charge in [-0.1, -0.05) is 0 Å². The SMILES string of the molecule is NCc1cc(S(=O)(=O)NCC(F)(F)F)cs1. The van der Waals surface area contributed by atoms with Crippen molar-refractivity contribution in [2.45, 2.75) is 17.6 Å². The summed E-state index contributed by atoms with van der Waals surface area (Å²) in [6.45, 7) is -1.43. The molecule has 0 unspecified atom stereocenters. The van der Waals surface area contributed by atoms with E-state index in [-0.39, 0.29) is 11.4 Å². The molecule has 0 fully saturated rings. The van der Waals surface area contributed by atoms with Crippen LogP contribution < -0.4 is 10.5 Å². The standard InChI is InChI=1S/C7H9F3N2O2S2/c8-7(9,10)4-12-16(13,14)6-1-5(2-11)15-3-6/h1,3,12H,2,4,11H2. The molecule has 0 saturated carbocycles. The van der Waals surface area contributed by atoms with Gasteiger partial charge in [-0.25, -0.2) is 13.1 Å². The van der Waals surface area contributed by atoms with Gasteiger partial charge in [0.15, 0.2) is 0 Å². The van der Waals surface area contributed by atoms with Crippen LogP contribution in [0.3, 0.4) is 0 Å². The minimum absolute atomic E-state index is 0.152. The van der Waals surface area contributed by atoms with Gasteiger partial charge in [-0.3, -0.25) is 0 Å². The number of thiophene rings is 1. The Morgan fingerprint density at radius 3 is 2.50 bits per heavy atom. The molecule has 9 heteroatoms. The van der Waals surface area contributed by atoms with Crippen molar-refractivity contribution in [1.29, 1.82) is 0 Å². The van der Waals surface area contributed by atoms with E-state index in [0.717, 1.165) is 11.3 Å². The van der Waals surface area contributed by atoms with Crippen molar-refractivity contribution >= 4 is 21.4 Å². The third kappa shape index (κ3) is 3.74. The molecule has 16 heavy (non-hydrogen) atoms. The molecule has 0 aromatic carbocycles. The molecule has 3 N–H and O–H groups in total. The van der Waals surface area contributed by atoms with E-state index in [1.807, 2.05) is 0 Å². The maximum Gasteiger partial charge on any atom is 0.402 e. The van der Waals surface area contributed by atoms with Crippen molar-refractivity contribution in [1.82, 2.24) is 4.72 Å². The first-order valence-corrected chi connectivity index (χ1v) is 6.45. The van der Waals surface area contributed by atoms with Gasteiger partial charge >= 0.3 is 6.18 Å². The lowest BCUT2D eigenvalue weighted by molar-refractivity contribution is -0.121. The summed E-state index contributed by atoms with van der Waals surface area (Å²) in [4.78, 5) is 0.398. The van der Waals surface area contributed by atoms with E-state index in [9.17, 15) is 21.6 Å². The van der Waals surface area contributed by atoms with E-state index in [1.54, 1.807) is 0 Å². The van der Waals surface area contributed by atoms with Crippen molar-refractivity contribution in [3.05, 3.63) is 16.3 Å². The molecule has 4 nitrogen and oxygen atoms in total. The predicted octanol–water partition coefficient (Wildman–Crippen LogP) is 1.05. The van der Waals surface area contributed by atoms with E-state index < -0.39 is 22.7 Å². The van der Waals surface area contributed by atoms with Gasteiger partial charge in [0.25, 0.3) is 0 Å². The summed E-state index contributed by atoms with van der Waals surface area (Å²) in [6, 6.07) is 1.25. The highest BCUT2D eigenvalue weighted by molar-refractivity contribution is 7.89. The Kier molecular flexibility index (Phi) is 3.94. The van der Waals surface area contributed by atoms with Crippen molar-refractivity contribution in [2.75, 3.05) is 6.54 Å². The van der Waals surface area contributed by atoms with Crippen LogP contribution in [0.2, 0.25) is 0 Å². The van der Waals surface area contributed by atoms with Crippen LogP contribution in [0.15, 0.2) is 16.3 Å². The highest BCUT2D eigenvalue weighted by Gasteiger charge is 2.30. The molecule has 0 aliphatic rings. The zero-order valence-corrected chi connectivity index (χ0v) is 9.55. The Hall–Kier alpha value is -0.640. The molecule has 1 aromatic heterocycles. The van der Waals surface area contributed by atoms with E-state index >= 15 is 0 Å². The molecule has 0 aliphatic heterocycles. The largest absolute Gasteiger partial charge is 0.402 e. The summed E-state index contributed by atoms with van der Waals surface area (Å²) >= 11 is 1.08. The fourth-order valence-electron chi connectivity index (χ4n) is 0.869. The smallest absolute Gasteiger partial charge is 0.326 e. The Labute approximate surface area is 94.3 Å². The lowest BCUT2D eigenvalue weighted by Gasteiger charge is -2.07. The second-order valence-corrected chi connectivity index (χ2v) is 5.66. The van der Waals surface area contributed by atoms with Crippen molar-refractivity contribution in [3.8, 4) is 0 Å². The lowest BCUT2D eigenvalue weighted by atomic mass is 10.5. The number of rotatable bonds is 4. The topological polar surface area (TPSA) is 72.2 Å². The lowest BCUT2D eigenvalue weighted by Crippen LogP contribution is -2.33. The van der Waals surface area contributed by atoms with E-state index in [2.05, 4.69) is 0 Å². The summed E-state index contributed by atoms with van der Waals surface area (Å²) in [7, 11) is -4.10. The zero-order valence-electron chi connectivity index (χ0n) is 7.91. The molecule has 0 saturated heterocycles. The number of hydrogen-bond acceptors (Lipinski definition) is 4. The number of sulfonamides is 1. The van der Waals surface area contributed by atoms with Gasteiger partial charge in [-0.05, 0) is 6.07 Å². The van der Waals surface area contributed by atoms with Gasteiger partial charge in [-0.15, -0.1) is 11.3 Å². The Morgan fingerprint density at radius 1 is 1.44 bits per heavy atom. The summed E-state index contributed by atoms with van der Waals surface area (Å²) in [5.41, 5.74) is 5.26. The number of nitrogens with one attached hydrogen (secondary N) is 1. The number of halogens is 3. The molecular weight excluding hydrogens is 265 g/mol. The van der Waals surface area contributed by atoms with Gasteiger partial charge < -0.3 is 5.73 Å². The van der Waals surface area contributed by atoms with Gasteiger partial charge in [0.1, 0.15) is 6.54 Å². The van der Waals surface area contributed by atoms with E-state index in [1.165, 1.54) is 16.2 Å². The van der Waals surface area contributed by atoms with Crippen LogP contribution in [-0.2, 0) is 16.6 Å². The Morgan fingerprint density at radius 2 is 2.06 bits per heavy atom. The first kappa shape index (κ1) is 13.4. The van der Waals surface area contributed by atoms with Gasteiger partial charge in [-0.2, -0.15) is 13.2 Å². The number of alkyl halides is 3. The van der Waals surface area contributed by atoms with Gasteiger partial charge in [0.05, 0.1) is 4.90 Å². The zero-order chi connectivity index (χ0) is 12.4. The maximum absolute atomic E-state index is 11.8. The maximum atomic E-state index is 11.8. The van der Waals surface area contributed by atoms with Crippen molar-refractivity contribution < 1.29 is 21.6 Å². The average molecular weight is 274 g/mol. The predicted molar refractivity (Wildman–Crippen MR) is 53.5 cm³/mol. The summed E-state index contributed by atoms with van der Waals surface area (Å²) < 4.78 is 59.7. The highest BCUT2D eigenvalue weighted by atomic mass is 32.2. The quantitative estimate of drug-likeness (QED) is 0.862. The molecule has 1 rings (SSSR count). The molecule has 0 bridgehead atoms. The Bertz CT molecular complexity index is 452. The second-order valence-electron chi connectivity index (χ2n) is 2.89. The van der Waals surface area contributed by atoms with Crippen LogP contribution in [0, 0.1) is 0 Å². The molecule has 0 atom stereocenters. The third-order valence-corrected chi connectivity index (χ3v) is 4.09. The first-order chi connectivity index (χ1) is 7.24. The highest BCUT2D eigenvalue weighted by Crippen LogP contribution is 2.20. The molecule has 92 valence electrons. The molecule has 0 aliphatic carbocycles. The average Bonchev–Trinajstić information content (AvgIpc) is 2.62. The molecule has 1 aromatic rings. The van der Waals surface area contributed by atoms with Crippen LogP contribution in [0.1, 0.15) is 4.88 Å². The first-order valence-electron chi connectivity index (χ1n) is 4.08. The van der Waals surface area contributed by atoms with Crippen LogP contribution in [0.4, 0.5) is 13.2 Å². The van der Waals surface area contributed by atoms with Crippen molar-refractivity contribution in [2.24, 2.45) is 5.73 Å². The fourth-order valence-corrected chi connectivity index (χ4v) is 3.04. The van der Waals surface area contributed by atoms with Gasteiger partial charge in [0.2, 0.25) is 10.0 Å². The van der Waals surface area contributed by atoms with E-state index in [4.69, 9.17) is 5.73 Å². The minimum atomic E-state index is -4.57. The molecule has 1 heterocycles. The summed E-state index contributed by atoms with van der Waals surface area (Å²) in [6.07, 6.45) is -4.57. The summed E-state index contributed by atoms with van der Waals surface area (Å²) in [5, 5.41) is 1.25. The summed E-state index contributed by atoms with van der Waals surface area (Å²) in [5.74, 6) is 0. The molecule has 0 amide bonds. The van der Waals surface area contributed by atoms with Crippen LogP contribution in [-0.4, -0.2) is 21.1 Å². The van der Waals surface area contributed by atoms with Crippen LogP contribution in [0.25, 0.3) is 0 Å². The second kappa shape index (κ2) is 4.70. The Balaban J connectivity index is 2.78. The molecule has 0 spiro atoms. The van der Waals surface area contributed by atoms with E-state index in [0.29, 0.717) is 4.88 Å². The normalized spacial score (nSPS) is 13.0. The fraction of sp³-hybridized carbons (Fsp3) is 0.429. The van der Waals surface area contributed by atoms with Crippen LogP contribution in [0.5, 0.6) is 0 Å². The number of nitrogens with two attached hydrogens (primary N) is 1.